The minimum atomic E-state index is -0.453. The molecule has 4 heteroatoms. The molecule has 2 rings (SSSR count). The summed E-state index contributed by atoms with van der Waals surface area (Å²) in [6.07, 6.45) is 3.23. The van der Waals surface area contributed by atoms with Gasteiger partial charge in [-0.1, -0.05) is 42.5 Å². The van der Waals surface area contributed by atoms with Crippen LogP contribution in [0.5, 0.6) is 0 Å². The van der Waals surface area contributed by atoms with Crippen LogP contribution in [0.1, 0.15) is 35.3 Å². The van der Waals surface area contributed by atoms with Crippen LogP contribution < -0.4 is 10.6 Å². The van der Waals surface area contributed by atoms with Crippen molar-refractivity contribution in [3.05, 3.63) is 77.4 Å². The van der Waals surface area contributed by atoms with Crippen molar-refractivity contribution >= 4 is 17.9 Å². The zero-order valence-electron chi connectivity index (χ0n) is 14.2. The summed E-state index contributed by atoms with van der Waals surface area (Å²) in [6.45, 7) is 3.93. The van der Waals surface area contributed by atoms with E-state index in [1.54, 1.807) is 37.4 Å². The van der Waals surface area contributed by atoms with Gasteiger partial charge in [0.15, 0.2) is 0 Å². The molecule has 0 atom stereocenters. The van der Waals surface area contributed by atoms with Crippen LogP contribution in [0.25, 0.3) is 6.08 Å². The summed E-state index contributed by atoms with van der Waals surface area (Å²) in [5, 5.41) is 5.56. The van der Waals surface area contributed by atoms with Crippen LogP contribution in [0.2, 0.25) is 0 Å². The second kappa shape index (κ2) is 7.59. The van der Waals surface area contributed by atoms with E-state index in [1.807, 2.05) is 44.2 Å². The maximum Gasteiger partial charge on any atom is 0.251 e. The van der Waals surface area contributed by atoms with Crippen molar-refractivity contribution in [1.82, 2.24) is 10.6 Å². The third kappa shape index (κ3) is 4.56. The van der Waals surface area contributed by atoms with E-state index in [4.69, 9.17) is 0 Å². The highest BCUT2D eigenvalue weighted by molar-refractivity contribution is 5.95. The number of hydrogen-bond donors (Lipinski definition) is 2. The molecule has 0 radical (unpaired) electrons. The fourth-order valence-electron chi connectivity index (χ4n) is 2.34. The van der Waals surface area contributed by atoms with Gasteiger partial charge in [-0.25, -0.2) is 0 Å². The summed E-state index contributed by atoms with van der Waals surface area (Å²) in [7, 11) is 1.59. The zero-order valence-corrected chi connectivity index (χ0v) is 14.2. The van der Waals surface area contributed by atoms with Gasteiger partial charge in [-0.15, -0.1) is 0 Å². The second-order valence-electron chi connectivity index (χ2n) is 6.01. The highest BCUT2D eigenvalue weighted by atomic mass is 16.2. The Labute approximate surface area is 142 Å². The summed E-state index contributed by atoms with van der Waals surface area (Å²) < 4.78 is 0. The van der Waals surface area contributed by atoms with Crippen LogP contribution in [0.15, 0.2) is 60.7 Å². The average molecular weight is 322 g/mol. The number of amides is 2. The Hall–Kier alpha value is -2.88. The van der Waals surface area contributed by atoms with E-state index < -0.39 is 5.54 Å². The van der Waals surface area contributed by atoms with Crippen LogP contribution in [0.4, 0.5) is 0 Å². The highest BCUT2D eigenvalue weighted by Gasteiger charge is 2.21. The lowest BCUT2D eigenvalue weighted by atomic mass is 9.94. The summed E-state index contributed by atoms with van der Waals surface area (Å²) in [6, 6.07) is 16.9. The molecule has 4 nitrogen and oxygen atoms in total. The van der Waals surface area contributed by atoms with E-state index in [2.05, 4.69) is 10.6 Å². The first-order chi connectivity index (χ1) is 11.4. The van der Waals surface area contributed by atoms with Crippen molar-refractivity contribution in [2.45, 2.75) is 19.4 Å². The fourth-order valence-corrected chi connectivity index (χ4v) is 2.34. The Morgan fingerprint density at radius 1 is 0.958 bits per heavy atom. The van der Waals surface area contributed by atoms with E-state index in [9.17, 15) is 9.59 Å². The number of nitrogens with one attached hydrogen (secondary N) is 2. The zero-order chi connectivity index (χ0) is 17.6. The molecule has 0 aliphatic carbocycles. The predicted octanol–water partition coefficient (Wildman–Crippen LogP) is 3.11. The van der Waals surface area contributed by atoms with Gasteiger partial charge in [-0.05, 0) is 43.2 Å². The van der Waals surface area contributed by atoms with Gasteiger partial charge in [0.2, 0.25) is 5.91 Å². The van der Waals surface area contributed by atoms with Gasteiger partial charge in [-0.2, -0.15) is 0 Å². The Bertz CT molecular complexity index is 732. The van der Waals surface area contributed by atoms with Crippen molar-refractivity contribution in [2.75, 3.05) is 7.05 Å². The summed E-state index contributed by atoms with van der Waals surface area (Å²) in [4.78, 5) is 23.7. The standard InChI is InChI=1S/C20H22N2O2/c1-20(2,17-7-5-4-6-8-17)22-18(23)14-11-15-9-12-16(13-10-15)19(24)21-3/h4-14H,1-3H3,(H,21,24)(H,22,23)/b14-11+. The average Bonchev–Trinajstić information content (AvgIpc) is 2.60. The van der Waals surface area contributed by atoms with Crippen LogP contribution >= 0.6 is 0 Å². The van der Waals surface area contributed by atoms with E-state index in [0.29, 0.717) is 5.56 Å². The maximum atomic E-state index is 12.2. The molecule has 0 spiro atoms. The first-order valence-corrected chi connectivity index (χ1v) is 7.80. The van der Waals surface area contributed by atoms with Crippen LogP contribution in [0.3, 0.4) is 0 Å². The number of hydrogen-bond acceptors (Lipinski definition) is 2. The fraction of sp³-hybridized carbons (Fsp3) is 0.200. The van der Waals surface area contributed by atoms with Gasteiger partial charge in [0.25, 0.3) is 5.91 Å². The summed E-state index contributed by atoms with van der Waals surface area (Å²) in [5.41, 5.74) is 2.03. The molecule has 2 aromatic rings. The molecule has 0 bridgehead atoms. The highest BCUT2D eigenvalue weighted by Crippen LogP contribution is 2.19. The van der Waals surface area contributed by atoms with Gasteiger partial charge in [-0.3, -0.25) is 9.59 Å². The van der Waals surface area contributed by atoms with E-state index in [-0.39, 0.29) is 11.8 Å². The SMILES string of the molecule is CNC(=O)c1ccc(/C=C/C(=O)NC(C)(C)c2ccccc2)cc1. The molecule has 0 fully saturated rings. The molecule has 0 aromatic heterocycles. The molecule has 0 heterocycles. The number of carbonyl (C=O) groups is 2. The molecular formula is C20H22N2O2. The summed E-state index contributed by atoms with van der Waals surface area (Å²) in [5.74, 6) is -0.299. The van der Waals surface area contributed by atoms with Crippen molar-refractivity contribution < 1.29 is 9.59 Å². The summed E-state index contributed by atoms with van der Waals surface area (Å²) >= 11 is 0. The Kier molecular flexibility index (Phi) is 5.53. The van der Waals surface area contributed by atoms with Gasteiger partial charge < -0.3 is 10.6 Å². The first-order valence-electron chi connectivity index (χ1n) is 7.80. The van der Waals surface area contributed by atoms with Gasteiger partial charge in [0.1, 0.15) is 0 Å². The van der Waals surface area contributed by atoms with Gasteiger partial charge in [0.05, 0.1) is 5.54 Å². The van der Waals surface area contributed by atoms with Crippen molar-refractivity contribution in [3.8, 4) is 0 Å². The van der Waals surface area contributed by atoms with Crippen molar-refractivity contribution in [2.24, 2.45) is 0 Å². The van der Waals surface area contributed by atoms with Crippen LogP contribution in [0, 0.1) is 0 Å². The lowest BCUT2D eigenvalue weighted by Crippen LogP contribution is -2.40. The second-order valence-corrected chi connectivity index (χ2v) is 6.01. The van der Waals surface area contributed by atoms with E-state index >= 15 is 0 Å². The minimum Gasteiger partial charge on any atom is -0.355 e. The predicted molar refractivity (Wildman–Crippen MR) is 96.5 cm³/mol. The Balaban J connectivity index is 2.01. The molecule has 0 aliphatic heterocycles. The Morgan fingerprint density at radius 3 is 2.17 bits per heavy atom. The normalized spacial score (nSPS) is 11.3. The number of carbonyl (C=O) groups excluding carboxylic acids is 2. The molecule has 2 aromatic carbocycles. The molecule has 0 saturated heterocycles. The number of rotatable bonds is 5. The third-order valence-corrected chi connectivity index (χ3v) is 3.76. The molecular weight excluding hydrogens is 300 g/mol. The topological polar surface area (TPSA) is 58.2 Å². The molecule has 0 saturated carbocycles. The molecule has 24 heavy (non-hydrogen) atoms. The first kappa shape index (κ1) is 17.5. The lowest BCUT2D eigenvalue weighted by molar-refractivity contribution is -0.118. The molecule has 2 amide bonds. The van der Waals surface area contributed by atoms with Gasteiger partial charge in [0, 0.05) is 18.7 Å². The quantitative estimate of drug-likeness (QED) is 0.831. The Morgan fingerprint density at radius 2 is 1.58 bits per heavy atom. The minimum absolute atomic E-state index is 0.132. The van der Waals surface area contributed by atoms with Gasteiger partial charge >= 0.3 is 0 Å². The van der Waals surface area contributed by atoms with E-state index in [0.717, 1.165) is 11.1 Å². The lowest BCUT2D eigenvalue weighted by Gasteiger charge is -2.26. The molecule has 0 aliphatic rings. The smallest absolute Gasteiger partial charge is 0.251 e. The monoisotopic (exact) mass is 322 g/mol. The largest absolute Gasteiger partial charge is 0.355 e. The molecule has 2 N–H and O–H groups in total. The van der Waals surface area contributed by atoms with Crippen molar-refractivity contribution in [3.63, 3.8) is 0 Å². The molecule has 0 unspecified atom stereocenters. The van der Waals surface area contributed by atoms with Crippen LogP contribution in [-0.4, -0.2) is 18.9 Å². The third-order valence-electron chi connectivity index (χ3n) is 3.76. The maximum absolute atomic E-state index is 12.2. The molecule has 124 valence electrons. The van der Waals surface area contributed by atoms with E-state index in [1.165, 1.54) is 6.08 Å². The number of benzene rings is 2. The van der Waals surface area contributed by atoms with Crippen LogP contribution in [-0.2, 0) is 10.3 Å². The van der Waals surface area contributed by atoms with Crippen molar-refractivity contribution in [1.29, 1.82) is 0 Å².